The Bertz CT molecular complexity index is 815. The zero-order valence-corrected chi connectivity index (χ0v) is 14.5. The number of fused-ring (bicyclic) bond motifs is 1. The maximum Gasteiger partial charge on any atom is 0.241 e. The van der Waals surface area contributed by atoms with Gasteiger partial charge in [-0.25, -0.2) is 0 Å². The Labute approximate surface area is 149 Å². The Hall–Kier alpha value is -2.27. The molecule has 2 atom stereocenters. The first kappa shape index (κ1) is 17.5. The second kappa shape index (κ2) is 7.74. The summed E-state index contributed by atoms with van der Waals surface area (Å²) in [6.07, 6.45) is 0.465. The number of carbonyl (C=O) groups is 1. The summed E-state index contributed by atoms with van der Waals surface area (Å²) in [6.45, 7) is 2.70. The molecule has 130 valence electrons. The highest BCUT2D eigenvalue weighted by atomic mass is 32.1. The molecular formula is C18H18FN3O2S. The van der Waals surface area contributed by atoms with Crippen molar-refractivity contribution in [2.45, 2.75) is 25.5 Å². The van der Waals surface area contributed by atoms with Crippen molar-refractivity contribution in [2.75, 3.05) is 18.5 Å². The summed E-state index contributed by atoms with van der Waals surface area (Å²) in [6, 6.07) is 9.92. The van der Waals surface area contributed by atoms with Crippen LogP contribution in [0.1, 0.15) is 29.0 Å². The lowest BCUT2D eigenvalue weighted by atomic mass is 10.1. The van der Waals surface area contributed by atoms with Crippen LogP contribution in [0.2, 0.25) is 0 Å². The largest absolute Gasteiger partial charge is 0.372 e. The van der Waals surface area contributed by atoms with Crippen LogP contribution < -0.4 is 10.6 Å². The Kier molecular flexibility index (Phi) is 5.43. The third-order valence-electron chi connectivity index (χ3n) is 4.11. The molecule has 25 heavy (non-hydrogen) atoms. The molecule has 0 bridgehead atoms. The summed E-state index contributed by atoms with van der Waals surface area (Å²) in [5.41, 5.74) is 1.76. The van der Waals surface area contributed by atoms with Crippen molar-refractivity contribution in [1.29, 1.82) is 5.26 Å². The van der Waals surface area contributed by atoms with Crippen molar-refractivity contribution in [3.05, 3.63) is 51.5 Å². The molecule has 0 saturated heterocycles. The van der Waals surface area contributed by atoms with Crippen LogP contribution in [0, 0.1) is 16.5 Å². The van der Waals surface area contributed by atoms with Crippen molar-refractivity contribution >= 4 is 22.9 Å². The predicted molar refractivity (Wildman–Crippen MR) is 93.9 cm³/mol. The molecule has 0 spiro atoms. The van der Waals surface area contributed by atoms with E-state index in [4.69, 9.17) is 10.00 Å². The van der Waals surface area contributed by atoms with Crippen molar-refractivity contribution in [1.82, 2.24) is 5.32 Å². The van der Waals surface area contributed by atoms with Gasteiger partial charge >= 0.3 is 0 Å². The fourth-order valence-corrected chi connectivity index (χ4v) is 3.65. The summed E-state index contributed by atoms with van der Waals surface area (Å²) in [5, 5.41) is 14.7. The topological polar surface area (TPSA) is 74.2 Å². The number of carbonyl (C=O) groups excluding carboxylic acids is 1. The van der Waals surface area contributed by atoms with Crippen LogP contribution in [0.15, 0.2) is 30.3 Å². The first-order valence-corrected chi connectivity index (χ1v) is 8.83. The maximum absolute atomic E-state index is 13.5. The van der Waals surface area contributed by atoms with Crippen molar-refractivity contribution in [3.63, 3.8) is 0 Å². The number of anilines is 1. The number of benzene rings is 1. The number of ether oxygens (including phenoxy) is 1. The van der Waals surface area contributed by atoms with E-state index in [1.54, 1.807) is 31.2 Å². The van der Waals surface area contributed by atoms with Crippen LogP contribution in [0.4, 0.5) is 10.1 Å². The highest BCUT2D eigenvalue weighted by Crippen LogP contribution is 2.32. The third kappa shape index (κ3) is 4.04. The van der Waals surface area contributed by atoms with Gasteiger partial charge in [0.25, 0.3) is 0 Å². The van der Waals surface area contributed by atoms with E-state index in [2.05, 4.69) is 10.6 Å². The van der Waals surface area contributed by atoms with Crippen LogP contribution >= 0.6 is 11.3 Å². The average molecular weight is 359 g/mol. The summed E-state index contributed by atoms with van der Waals surface area (Å²) in [5.74, 6) is -0.241. The number of rotatable bonds is 5. The number of hydrogen-bond acceptors (Lipinski definition) is 5. The van der Waals surface area contributed by atoms with E-state index < -0.39 is 6.04 Å². The zero-order valence-electron chi connectivity index (χ0n) is 13.7. The lowest BCUT2D eigenvalue weighted by Gasteiger charge is -2.25. The Morgan fingerprint density at radius 1 is 1.52 bits per heavy atom. The van der Waals surface area contributed by atoms with Gasteiger partial charge < -0.3 is 15.4 Å². The van der Waals surface area contributed by atoms with Gasteiger partial charge in [-0.05, 0) is 30.7 Å². The van der Waals surface area contributed by atoms with Gasteiger partial charge in [-0.15, -0.1) is 11.3 Å². The van der Waals surface area contributed by atoms with Gasteiger partial charge in [0.1, 0.15) is 6.07 Å². The molecule has 1 aromatic carbocycles. The molecule has 0 aliphatic carbocycles. The highest BCUT2D eigenvalue weighted by Gasteiger charge is 2.25. The van der Waals surface area contributed by atoms with Gasteiger partial charge in [0.15, 0.2) is 5.13 Å². The molecule has 3 rings (SSSR count). The smallest absolute Gasteiger partial charge is 0.241 e. The van der Waals surface area contributed by atoms with Gasteiger partial charge in [-0.3, -0.25) is 4.79 Å². The van der Waals surface area contributed by atoms with Crippen molar-refractivity contribution in [3.8, 4) is 6.07 Å². The molecule has 2 unspecified atom stereocenters. The van der Waals surface area contributed by atoms with Crippen LogP contribution in [0.5, 0.6) is 0 Å². The van der Waals surface area contributed by atoms with E-state index in [0.29, 0.717) is 24.4 Å². The van der Waals surface area contributed by atoms with Gasteiger partial charge in [0, 0.05) is 17.8 Å². The fraction of sp³-hybridized carbons (Fsp3) is 0.333. The summed E-state index contributed by atoms with van der Waals surface area (Å²) < 4.78 is 19.2. The molecule has 2 aromatic rings. The second-order valence-electron chi connectivity index (χ2n) is 5.82. The lowest BCUT2D eigenvalue weighted by Crippen LogP contribution is -2.41. The average Bonchev–Trinajstić information content (AvgIpc) is 3.00. The standard InChI is InChI=1S/C18H18FN3O2S/c1-11(18(23)22-14-5-3-2-4-12(14)9-20)21-10-15-13-8-17(19)25-16(13)6-7-24-15/h2-5,8,11,15,21H,6-7,10H2,1H3,(H,22,23). The van der Waals surface area contributed by atoms with Crippen molar-refractivity contribution in [2.24, 2.45) is 0 Å². The van der Waals surface area contributed by atoms with Crippen LogP contribution in [0.3, 0.4) is 0 Å². The quantitative estimate of drug-likeness (QED) is 0.861. The van der Waals surface area contributed by atoms with E-state index in [1.807, 2.05) is 6.07 Å². The number of nitrogens with one attached hydrogen (secondary N) is 2. The van der Waals surface area contributed by atoms with E-state index in [0.717, 1.165) is 28.2 Å². The van der Waals surface area contributed by atoms with E-state index >= 15 is 0 Å². The van der Waals surface area contributed by atoms with Gasteiger partial charge in [-0.1, -0.05) is 12.1 Å². The SMILES string of the molecule is CC(NCC1OCCc2sc(F)cc21)C(=O)Nc1ccccc1C#N. The molecule has 1 aliphatic rings. The zero-order chi connectivity index (χ0) is 17.8. The predicted octanol–water partition coefficient (Wildman–Crippen LogP) is 2.99. The molecular weight excluding hydrogens is 341 g/mol. The molecule has 1 amide bonds. The number of nitrogens with zero attached hydrogens (tertiary/aromatic N) is 1. The first-order valence-electron chi connectivity index (χ1n) is 8.01. The molecule has 1 aromatic heterocycles. The Balaban J connectivity index is 1.59. The van der Waals surface area contributed by atoms with Crippen LogP contribution in [0.25, 0.3) is 0 Å². The van der Waals surface area contributed by atoms with Gasteiger partial charge in [0.05, 0.1) is 30.0 Å². The van der Waals surface area contributed by atoms with E-state index in [9.17, 15) is 9.18 Å². The summed E-state index contributed by atoms with van der Waals surface area (Å²) in [4.78, 5) is 13.3. The maximum atomic E-state index is 13.5. The number of para-hydroxylation sites is 1. The second-order valence-corrected chi connectivity index (χ2v) is 6.90. The molecule has 2 heterocycles. The third-order valence-corrected chi connectivity index (χ3v) is 5.11. The van der Waals surface area contributed by atoms with Crippen LogP contribution in [-0.2, 0) is 16.0 Å². The summed E-state index contributed by atoms with van der Waals surface area (Å²) >= 11 is 1.16. The number of nitriles is 1. The van der Waals surface area contributed by atoms with E-state index in [1.165, 1.54) is 6.07 Å². The minimum atomic E-state index is -0.482. The molecule has 2 N–H and O–H groups in total. The number of hydrogen-bond donors (Lipinski definition) is 2. The Morgan fingerprint density at radius 3 is 3.12 bits per heavy atom. The lowest BCUT2D eigenvalue weighted by molar-refractivity contribution is -0.117. The minimum Gasteiger partial charge on any atom is -0.372 e. The normalized spacial score (nSPS) is 17.4. The van der Waals surface area contributed by atoms with E-state index in [-0.39, 0.29) is 17.1 Å². The molecule has 0 radical (unpaired) electrons. The molecule has 1 aliphatic heterocycles. The van der Waals surface area contributed by atoms with Gasteiger partial charge in [0.2, 0.25) is 5.91 Å². The molecule has 0 fully saturated rings. The van der Waals surface area contributed by atoms with Crippen molar-refractivity contribution < 1.29 is 13.9 Å². The summed E-state index contributed by atoms with van der Waals surface area (Å²) in [7, 11) is 0. The Morgan fingerprint density at radius 2 is 2.32 bits per heavy atom. The number of halogens is 1. The monoisotopic (exact) mass is 359 g/mol. The van der Waals surface area contributed by atoms with Crippen LogP contribution in [-0.4, -0.2) is 25.1 Å². The number of thiophene rings is 1. The minimum absolute atomic E-state index is 0.209. The molecule has 5 nitrogen and oxygen atoms in total. The molecule has 7 heteroatoms. The first-order chi connectivity index (χ1) is 12.1. The van der Waals surface area contributed by atoms with Gasteiger partial charge in [-0.2, -0.15) is 9.65 Å². The molecule has 0 saturated carbocycles. The fourth-order valence-electron chi connectivity index (χ4n) is 2.74. The highest BCUT2D eigenvalue weighted by molar-refractivity contribution is 7.10. The number of amides is 1.